The number of carbonyl (C=O) groups is 1. The van der Waals surface area contributed by atoms with Crippen molar-refractivity contribution >= 4 is 39.4 Å². The molecule has 7 heteroatoms. The van der Waals surface area contributed by atoms with Gasteiger partial charge in [0, 0.05) is 22.0 Å². The minimum Gasteiger partial charge on any atom is -0.348 e. The number of aromatic nitrogens is 1. The quantitative estimate of drug-likeness (QED) is 0.569. The van der Waals surface area contributed by atoms with Crippen LogP contribution < -0.4 is 16.6 Å². The SMILES string of the molecule is CSC1CCCCC1NC(=O)c1cc(Br)cnc1NN. The summed E-state index contributed by atoms with van der Waals surface area (Å²) < 4.78 is 0.756. The van der Waals surface area contributed by atoms with Gasteiger partial charge in [-0.25, -0.2) is 10.8 Å². The highest BCUT2D eigenvalue weighted by Crippen LogP contribution is 2.27. The first-order valence-electron chi connectivity index (χ1n) is 6.61. The average molecular weight is 359 g/mol. The van der Waals surface area contributed by atoms with Crippen LogP contribution in [0.5, 0.6) is 0 Å². The van der Waals surface area contributed by atoms with E-state index in [1.807, 2.05) is 11.8 Å². The molecule has 2 unspecified atom stereocenters. The minimum atomic E-state index is -0.127. The summed E-state index contributed by atoms with van der Waals surface area (Å²) in [7, 11) is 0. The standard InChI is InChI=1S/C13H19BrN4OS/c1-20-11-5-3-2-4-10(11)17-13(19)9-6-8(14)7-16-12(9)18-15/h6-7,10-11H,2-5,15H2,1H3,(H,16,18)(H,17,19). The number of carbonyl (C=O) groups excluding carboxylic acids is 1. The minimum absolute atomic E-state index is 0.127. The molecule has 1 saturated carbocycles. The number of halogens is 1. The number of hydrogen-bond acceptors (Lipinski definition) is 5. The van der Waals surface area contributed by atoms with Crippen LogP contribution in [0.15, 0.2) is 16.7 Å². The predicted octanol–water partition coefficient (Wildman–Crippen LogP) is 2.53. The van der Waals surface area contributed by atoms with E-state index in [-0.39, 0.29) is 11.9 Å². The monoisotopic (exact) mass is 358 g/mol. The van der Waals surface area contributed by atoms with Gasteiger partial charge in [0.1, 0.15) is 0 Å². The number of nitrogens with zero attached hydrogens (tertiary/aromatic N) is 1. The van der Waals surface area contributed by atoms with Crippen molar-refractivity contribution in [3.05, 3.63) is 22.3 Å². The Balaban J connectivity index is 2.13. The molecular weight excluding hydrogens is 340 g/mol. The van der Waals surface area contributed by atoms with E-state index in [1.165, 1.54) is 12.8 Å². The van der Waals surface area contributed by atoms with E-state index in [1.54, 1.807) is 12.3 Å². The zero-order valence-corrected chi connectivity index (χ0v) is 13.8. The number of rotatable bonds is 4. The number of amides is 1. The number of thioether (sulfide) groups is 1. The lowest BCUT2D eigenvalue weighted by molar-refractivity contribution is 0.0930. The third-order valence-corrected chi connectivity index (χ3v) is 5.16. The highest BCUT2D eigenvalue weighted by Gasteiger charge is 2.26. The summed E-state index contributed by atoms with van der Waals surface area (Å²) in [4.78, 5) is 16.5. The second kappa shape index (κ2) is 7.28. The van der Waals surface area contributed by atoms with Crippen LogP contribution in [0.3, 0.4) is 0 Å². The summed E-state index contributed by atoms with van der Waals surface area (Å²) in [6.07, 6.45) is 8.31. The Kier molecular flexibility index (Phi) is 5.68. The number of nitrogens with two attached hydrogens (primary N) is 1. The number of hydrogen-bond donors (Lipinski definition) is 3. The molecule has 0 spiro atoms. The second-order valence-electron chi connectivity index (χ2n) is 4.83. The zero-order chi connectivity index (χ0) is 14.5. The first-order chi connectivity index (χ1) is 9.65. The maximum Gasteiger partial charge on any atom is 0.255 e. The van der Waals surface area contributed by atoms with Gasteiger partial charge in [0.2, 0.25) is 0 Å². The first-order valence-corrected chi connectivity index (χ1v) is 8.69. The van der Waals surface area contributed by atoms with Crippen molar-refractivity contribution in [3.63, 3.8) is 0 Å². The predicted molar refractivity (Wildman–Crippen MR) is 86.8 cm³/mol. The zero-order valence-electron chi connectivity index (χ0n) is 11.4. The number of pyridine rings is 1. The van der Waals surface area contributed by atoms with Crippen molar-refractivity contribution < 1.29 is 4.79 Å². The summed E-state index contributed by atoms with van der Waals surface area (Å²) in [6.45, 7) is 0. The number of hydrazine groups is 1. The van der Waals surface area contributed by atoms with Gasteiger partial charge in [-0.05, 0) is 41.1 Å². The van der Waals surface area contributed by atoms with E-state index in [9.17, 15) is 4.79 Å². The molecule has 1 fully saturated rings. The molecule has 20 heavy (non-hydrogen) atoms. The van der Waals surface area contributed by atoms with Gasteiger partial charge >= 0.3 is 0 Å². The van der Waals surface area contributed by atoms with E-state index < -0.39 is 0 Å². The van der Waals surface area contributed by atoms with Gasteiger partial charge in [0.05, 0.1) is 5.56 Å². The van der Waals surface area contributed by atoms with Crippen molar-refractivity contribution in [2.75, 3.05) is 11.7 Å². The molecule has 1 aromatic rings. The number of anilines is 1. The molecule has 0 saturated heterocycles. The van der Waals surface area contributed by atoms with Gasteiger partial charge in [-0.2, -0.15) is 11.8 Å². The molecule has 1 amide bonds. The van der Waals surface area contributed by atoms with E-state index in [0.29, 0.717) is 16.6 Å². The first kappa shape index (κ1) is 15.6. The molecule has 1 aliphatic rings. The molecule has 2 rings (SSSR count). The Morgan fingerprint density at radius 1 is 1.50 bits per heavy atom. The van der Waals surface area contributed by atoms with Crippen molar-refractivity contribution in [1.29, 1.82) is 0 Å². The van der Waals surface area contributed by atoms with Gasteiger partial charge in [-0.1, -0.05) is 12.8 Å². The summed E-state index contributed by atoms with van der Waals surface area (Å²) in [5, 5.41) is 3.61. The summed E-state index contributed by atoms with van der Waals surface area (Å²) in [5.41, 5.74) is 2.93. The number of nitrogen functional groups attached to an aromatic ring is 1. The van der Waals surface area contributed by atoms with Gasteiger partial charge < -0.3 is 10.7 Å². The van der Waals surface area contributed by atoms with E-state index >= 15 is 0 Å². The summed E-state index contributed by atoms with van der Waals surface area (Å²) >= 11 is 5.15. The molecule has 110 valence electrons. The van der Waals surface area contributed by atoms with Gasteiger partial charge in [0.25, 0.3) is 5.91 Å². The highest BCUT2D eigenvalue weighted by molar-refractivity contribution is 9.10. The molecule has 0 aromatic carbocycles. The fourth-order valence-corrected chi connectivity index (χ4v) is 3.78. The molecule has 1 heterocycles. The van der Waals surface area contributed by atoms with Crippen molar-refractivity contribution in [2.45, 2.75) is 37.0 Å². The fraction of sp³-hybridized carbons (Fsp3) is 0.538. The fourth-order valence-electron chi connectivity index (χ4n) is 2.52. The maximum atomic E-state index is 12.4. The maximum absolute atomic E-state index is 12.4. The normalized spacial score (nSPS) is 22.4. The van der Waals surface area contributed by atoms with Gasteiger partial charge in [-0.3, -0.25) is 4.79 Å². The summed E-state index contributed by atoms with van der Waals surface area (Å²) in [5.74, 6) is 5.68. The molecule has 0 bridgehead atoms. The number of nitrogens with one attached hydrogen (secondary N) is 2. The molecule has 1 aliphatic carbocycles. The van der Waals surface area contributed by atoms with Crippen LogP contribution in [0.4, 0.5) is 5.82 Å². The third kappa shape index (κ3) is 3.65. The Morgan fingerprint density at radius 2 is 2.25 bits per heavy atom. The molecular formula is C13H19BrN4OS. The van der Waals surface area contributed by atoms with Crippen LogP contribution in [0.25, 0.3) is 0 Å². The lowest BCUT2D eigenvalue weighted by atomic mass is 9.94. The van der Waals surface area contributed by atoms with Crippen molar-refractivity contribution in [2.24, 2.45) is 5.84 Å². The van der Waals surface area contributed by atoms with Crippen LogP contribution >= 0.6 is 27.7 Å². The van der Waals surface area contributed by atoms with Gasteiger partial charge in [0.15, 0.2) is 5.82 Å². The van der Waals surface area contributed by atoms with Crippen LogP contribution in [0, 0.1) is 0 Å². The highest BCUT2D eigenvalue weighted by atomic mass is 79.9. The van der Waals surface area contributed by atoms with Gasteiger partial charge in [-0.15, -0.1) is 0 Å². The molecule has 2 atom stereocenters. The lowest BCUT2D eigenvalue weighted by Gasteiger charge is -2.31. The lowest BCUT2D eigenvalue weighted by Crippen LogP contribution is -2.44. The van der Waals surface area contributed by atoms with Crippen LogP contribution in [-0.2, 0) is 0 Å². The Bertz CT molecular complexity index is 485. The smallest absolute Gasteiger partial charge is 0.255 e. The third-order valence-electron chi connectivity index (χ3n) is 3.56. The second-order valence-corrected chi connectivity index (χ2v) is 6.83. The molecule has 5 nitrogen and oxygen atoms in total. The Morgan fingerprint density at radius 3 is 2.95 bits per heavy atom. The van der Waals surface area contributed by atoms with Crippen molar-refractivity contribution in [3.8, 4) is 0 Å². The van der Waals surface area contributed by atoms with Crippen LogP contribution in [0.2, 0.25) is 0 Å². The topological polar surface area (TPSA) is 80.0 Å². The Labute approximate surface area is 131 Å². The summed E-state index contributed by atoms with van der Waals surface area (Å²) in [6, 6.07) is 1.95. The molecule has 0 aliphatic heterocycles. The molecule has 4 N–H and O–H groups in total. The van der Waals surface area contributed by atoms with E-state index in [4.69, 9.17) is 5.84 Å². The van der Waals surface area contributed by atoms with Crippen LogP contribution in [-0.4, -0.2) is 28.4 Å². The van der Waals surface area contributed by atoms with Crippen LogP contribution in [0.1, 0.15) is 36.0 Å². The average Bonchev–Trinajstić information content (AvgIpc) is 2.47. The van der Waals surface area contributed by atoms with E-state index in [0.717, 1.165) is 17.3 Å². The molecule has 1 aromatic heterocycles. The Hall–Kier alpha value is -0.790. The van der Waals surface area contributed by atoms with E-state index in [2.05, 4.69) is 37.9 Å². The molecule has 0 radical (unpaired) electrons. The van der Waals surface area contributed by atoms with Crippen molar-refractivity contribution in [1.82, 2.24) is 10.3 Å². The largest absolute Gasteiger partial charge is 0.348 e.